The number of nitro groups is 2. The molecule has 0 bridgehead atoms. The van der Waals surface area contributed by atoms with Crippen molar-refractivity contribution in [3.63, 3.8) is 0 Å². The lowest BCUT2D eigenvalue weighted by Crippen LogP contribution is -2.01. The van der Waals surface area contributed by atoms with Crippen molar-refractivity contribution >= 4 is 97.2 Å². The fraction of sp³-hybridized carbons (Fsp3) is 0.0244. The Morgan fingerprint density at radius 1 is 0.549 bits per heavy atom. The van der Waals surface area contributed by atoms with E-state index in [4.69, 9.17) is 0 Å². The topological polar surface area (TPSA) is 413 Å². The third-order valence-electron chi connectivity index (χ3n) is 10.5. The van der Waals surface area contributed by atoms with Gasteiger partial charge in [-0.2, -0.15) is 25.3 Å². The van der Waals surface area contributed by atoms with Gasteiger partial charge in [-0.1, -0.05) is 30.3 Å². The maximum Gasteiger partial charge on any atom is 0.297 e. The van der Waals surface area contributed by atoms with Crippen molar-refractivity contribution < 1.29 is 61.7 Å². The summed E-state index contributed by atoms with van der Waals surface area (Å²) < 4.78 is 124. The number of imidazole rings is 4. The van der Waals surface area contributed by atoms with Crippen molar-refractivity contribution in [3.05, 3.63) is 129 Å². The molecule has 4 aromatic heterocycles. The van der Waals surface area contributed by atoms with Crippen molar-refractivity contribution in [1.29, 1.82) is 0 Å². The Morgan fingerprint density at radius 3 is 1.62 bits per heavy atom. The van der Waals surface area contributed by atoms with Crippen LogP contribution in [-0.4, -0.2) is 97.4 Å². The summed E-state index contributed by atoms with van der Waals surface area (Å²) >= 11 is -2.74. The van der Waals surface area contributed by atoms with Gasteiger partial charge in [-0.3, -0.25) is 33.9 Å². The van der Waals surface area contributed by atoms with Gasteiger partial charge >= 0.3 is 0 Å². The van der Waals surface area contributed by atoms with Gasteiger partial charge in [0, 0.05) is 41.0 Å². The number of hydrogen-bond acceptors (Lipinski definition) is 17. The van der Waals surface area contributed by atoms with Gasteiger partial charge in [0.15, 0.2) is 0 Å². The average Bonchev–Trinajstić information content (AvgIpc) is 4.11. The van der Waals surface area contributed by atoms with Gasteiger partial charge in [0.05, 0.1) is 53.4 Å². The molecule has 4 heterocycles. The molecule has 0 spiro atoms. The van der Waals surface area contributed by atoms with E-state index in [-0.39, 0.29) is 60.5 Å². The van der Waals surface area contributed by atoms with E-state index in [0.717, 1.165) is 12.1 Å². The van der Waals surface area contributed by atoms with Crippen LogP contribution in [0.3, 0.4) is 0 Å². The van der Waals surface area contributed by atoms with Gasteiger partial charge in [-0.25, -0.2) is 24.1 Å². The summed E-state index contributed by atoms with van der Waals surface area (Å²) in [6.07, 6.45) is 0. The number of nitro benzene ring substituents is 2. The molecule has 0 radical (unpaired) electrons. The molecule has 0 aliphatic heterocycles. The number of fused-ring (bicyclic) bond motifs is 4. The smallest absolute Gasteiger partial charge is 0.297 e. The van der Waals surface area contributed by atoms with Crippen LogP contribution in [0.2, 0.25) is 0 Å². The van der Waals surface area contributed by atoms with E-state index in [1.807, 2.05) is 0 Å². The minimum absolute atomic E-state index is 0.0429. The van der Waals surface area contributed by atoms with Crippen molar-refractivity contribution in [2.75, 3.05) is 0 Å². The Hall–Kier alpha value is -8.36. The number of rotatable bonds is 11. The molecule has 0 aliphatic rings. The number of hydrogen-bond donors (Lipinski definition) is 7. The van der Waals surface area contributed by atoms with E-state index in [9.17, 15) is 67.9 Å². The first-order valence-corrected chi connectivity index (χ1v) is 25.0. The molecule has 6 aromatic carbocycles. The highest BCUT2D eigenvalue weighted by Gasteiger charge is 2.25. The van der Waals surface area contributed by atoms with Crippen LogP contribution >= 0.6 is 0 Å². The van der Waals surface area contributed by atoms with Crippen LogP contribution in [0, 0.1) is 27.2 Å². The molecule has 0 saturated carbocycles. The van der Waals surface area contributed by atoms with Gasteiger partial charge in [0.25, 0.3) is 41.7 Å². The summed E-state index contributed by atoms with van der Waals surface area (Å²) in [5.41, 5.74) is 3.31. The van der Waals surface area contributed by atoms with Crippen LogP contribution in [-0.2, 0) is 41.7 Å². The molecule has 10 rings (SSSR count). The number of nitrogens with zero attached hydrogens (tertiary/aromatic N) is 6. The predicted molar refractivity (Wildman–Crippen MR) is 250 cm³/mol. The zero-order valence-electron chi connectivity index (χ0n) is 35.3. The highest BCUT2D eigenvalue weighted by Crippen LogP contribution is 2.36. The number of non-ortho nitro benzene ring substituents is 1. The number of aryl methyl sites for hydroxylation is 1. The van der Waals surface area contributed by atoms with Crippen molar-refractivity contribution in [3.8, 4) is 51.3 Å². The van der Waals surface area contributed by atoms with Crippen LogP contribution in [0.15, 0.2) is 118 Å². The average molecular weight is 1040 g/mol. The fourth-order valence-corrected chi connectivity index (χ4v) is 9.59. The van der Waals surface area contributed by atoms with Crippen LogP contribution in [0.25, 0.3) is 89.7 Å². The molecule has 7 N–H and O–H groups in total. The monoisotopic (exact) mass is 1040 g/mol. The Labute approximate surface area is 398 Å². The van der Waals surface area contributed by atoms with Crippen molar-refractivity contribution in [2.24, 2.45) is 0 Å². The number of benzene rings is 6. The first-order valence-electron chi connectivity index (χ1n) is 19.7. The largest absolute Gasteiger partial charge is 0.740 e. The molecule has 362 valence electrons. The summed E-state index contributed by atoms with van der Waals surface area (Å²) in [4.78, 5) is 49.1. The summed E-state index contributed by atoms with van der Waals surface area (Å²) in [6, 6.07) is 23.8. The molecule has 1 unspecified atom stereocenters. The second kappa shape index (κ2) is 17.6. The normalized spacial score (nSPS) is 12.6. The number of aromatic nitrogens is 8. The lowest BCUT2D eigenvalue weighted by Gasteiger charge is -2.05. The molecular weight excluding hydrogens is 1020 g/mol. The molecule has 0 aliphatic carbocycles. The van der Waals surface area contributed by atoms with Crippen LogP contribution < -0.4 is 4.18 Å². The molecule has 0 saturated heterocycles. The number of aromatic amines is 4. The summed E-state index contributed by atoms with van der Waals surface area (Å²) in [5.74, 6) is 1.03. The van der Waals surface area contributed by atoms with E-state index in [1.165, 1.54) is 54.6 Å². The van der Waals surface area contributed by atoms with E-state index in [1.54, 1.807) is 43.3 Å². The van der Waals surface area contributed by atoms with Crippen LogP contribution in [0.4, 0.5) is 11.4 Å². The molecule has 0 fully saturated rings. The number of nitrogens with one attached hydrogen (secondary N) is 4. The van der Waals surface area contributed by atoms with Gasteiger partial charge in [-0.05, 0) is 61.0 Å². The van der Waals surface area contributed by atoms with E-state index >= 15 is 0 Å². The van der Waals surface area contributed by atoms with E-state index < -0.39 is 62.1 Å². The molecule has 0 amide bonds. The minimum Gasteiger partial charge on any atom is -0.740 e. The van der Waals surface area contributed by atoms with Gasteiger partial charge in [-0.15, -0.1) is 0 Å². The second-order valence-corrected chi connectivity index (χ2v) is 20.0. The summed E-state index contributed by atoms with van der Waals surface area (Å²) in [6.45, 7) is 1.68. The Balaban J connectivity index is 0.000000176. The van der Waals surface area contributed by atoms with Gasteiger partial charge in [0.1, 0.15) is 61.2 Å². The lowest BCUT2D eigenvalue weighted by molar-refractivity contribution is -0.385. The first kappa shape index (κ1) is 47.7. The zero-order chi connectivity index (χ0) is 50.9. The molecule has 1 atom stereocenters. The van der Waals surface area contributed by atoms with Crippen LogP contribution in [0.5, 0.6) is 5.75 Å². The first-order chi connectivity index (χ1) is 33.4. The van der Waals surface area contributed by atoms with Crippen LogP contribution in [0.1, 0.15) is 5.56 Å². The third-order valence-corrected chi connectivity index (χ3v) is 13.4. The Bertz CT molecular complexity index is 4250. The molecule has 10 aromatic rings. The minimum atomic E-state index is -4.79. The molecule has 26 nitrogen and oxygen atoms in total. The standard InChI is InChI=1S/C21H15N5O8S2.C20H13N5O8S2/c1-10-6-14-18(16(7-10)35(29,30)31)24-20(22-14)11-2-4-12(5-3-11)21-23-15-8-13(26(27)28)9-17(19(15)25-21)36(32,33)34;26-25(27)18-7-10(19-21-14-5-2-11(33-34(28)29)8-16(14)23-19)1-4-13(18)20-22-15-6-3-12(35(30,31)32)9-17(15)24-20/h2-9H,1H3,(H,22,24)(H,23,25)(H,29,30,31)(H,32,33,34);1-9H,(H,21,23)(H,22,24)(H,28,29)(H,30,31,32)/p-1. The van der Waals surface area contributed by atoms with Crippen molar-refractivity contribution in [1.82, 2.24) is 39.9 Å². The summed E-state index contributed by atoms with van der Waals surface area (Å²) in [5, 5.41) is 23.0. The molecular formula is C41H27N10O16S4-. The van der Waals surface area contributed by atoms with Gasteiger partial charge in [0.2, 0.25) is 0 Å². The predicted octanol–water partition coefficient (Wildman–Crippen LogP) is 6.58. The lowest BCUT2D eigenvalue weighted by atomic mass is 10.1. The van der Waals surface area contributed by atoms with Gasteiger partial charge < -0.3 is 28.7 Å². The zero-order valence-corrected chi connectivity index (χ0v) is 38.5. The Morgan fingerprint density at radius 2 is 1.06 bits per heavy atom. The third kappa shape index (κ3) is 9.66. The Kier molecular flexibility index (Phi) is 11.8. The van der Waals surface area contributed by atoms with E-state index in [0.29, 0.717) is 56.0 Å². The fourth-order valence-electron chi connectivity index (χ4n) is 7.42. The quantitative estimate of drug-likeness (QED) is 0.0311. The molecule has 71 heavy (non-hydrogen) atoms. The molecule has 30 heteroatoms. The number of H-pyrrole nitrogens is 4. The highest BCUT2D eigenvalue weighted by molar-refractivity contribution is 7.86. The van der Waals surface area contributed by atoms with E-state index in [2.05, 4.69) is 44.1 Å². The SMILES string of the molecule is Cc1cc(S(=O)(=O)O)c2nc(-c3ccc(-c4nc5c(S(=O)(=O)O)cc([N+](=O)[O-])cc5[nH]4)cc3)[nH]c2c1.O=[N+]([O-])c1cc(-c2nc3ccc(OS(=O)[O-])cc3[nH]2)ccc1-c1nc2ccc(S(=O)(=O)O)cc2[nH]1. The highest BCUT2D eigenvalue weighted by atomic mass is 32.2. The second-order valence-electron chi connectivity index (χ2n) is 15.2. The van der Waals surface area contributed by atoms with Crippen molar-refractivity contribution in [2.45, 2.75) is 21.6 Å². The maximum atomic E-state index is 11.8. The summed E-state index contributed by atoms with van der Waals surface area (Å²) in [7, 11) is -13.7. The maximum absolute atomic E-state index is 11.8.